The lowest BCUT2D eigenvalue weighted by molar-refractivity contribution is 0.726. The zero-order chi connectivity index (χ0) is 27.3. The average molecular weight is 521 g/mol. The minimum Gasteiger partial charge on any atom is -0.334 e. The predicted molar refractivity (Wildman–Crippen MR) is 171 cm³/mol. The van der Waals surface area contributed by atoms with Gasteiger partial charge in [0.15, 0.2) is 0 Å². The Balaban J connectivity index is 1.29. The van der Waals surface area contributed by atoms with Gasteiger partial charge in [0, 0.05) is 28.4 Å². The van der Waals surface area contributed by atoms with Crippen LogP contribution in [0.5, 0.6) is 0 Å². The van der Waals surface area contributed by atoms with E-state index in [1.54, 1.807) is 0 Å². The number of para-hydroxylation sites is 2. The Morgan fingerprint density at radius 3 is 1.80 bits per heavy atom. The molecule has 2 aliphatic rings. The van der Waals surface area contributed by atoms with E-state index in [2.05, 4.69) is 169 Å². The lowest BCUT2D eigenvalue weighted by Crippen LogP contribution is -2.30. The molecular weight excluding hydrogens is 484 g/mol. The lowest BCUT2D eigenvalue weighted by atomic mass is 9.98. The van der Waals surface area contributed by atoms with Crippen LogP contribution in [0.25, 0.3) is 11.1 Å². The van der Waals surface area contributed by atoms with Crippen molar-refractivity contribution < 1.29 is 0 Å². The summed E-state index contributed by atoms with van der Waals surface area (Å²) in [6, 6.07) is 39.6. The van der Waals surface area contributed by atoms with Crippen LogP contribution in [0, 0.1) is 5.92 Å². The molecular formula is C38H36N2. The van der Waals surface area contributed by atoms with Gasteiger partial charge in [-0.05, 0) is 91.4 Å². The summed E-state index contributed by atoms with van der Waals surface area (Å²) >= 11 is 0. The van der Waals surface area contributed by atoms with E-state index >= 15 is 0 Å². The second-order valence-electron chi connectivity index (χ2n) is 10.8. The van der Waals surface area contributed by atoms with Crippen molar-refractivity contribution in [3.05, 3.63) is 157 Å². The molecule has 0 aromatic heterocycles. The van der Waals surface area contributed by atoms with Crippen LogP contribution >= 0.6 is 0 Å². The molecule has 4 aromatic carbocycles. The van der Waals surface area contributed by atoms with Gasteiger partial charge in [-0.15, -0.1) is 0 Å². The molecule has 0 heterocycles. The molecule has 0 aliphatic heterocycles. The van der Waals surface area contributed by atoms with Crippen molar-refractivity contribution in [1.29, 1.82) is 0 Å². The Morgan fingerprint density at radius 2 is 1.20 bits per heavy atom. The first kappa shape index (κ1) is 25.7. The predicted octanol–water partition coefficient (Wildman–Crippen LogP) is 10.4. The van der Waals surface area contributed by atoms with Crippen LogP contribution in [0.15, 0.2) is 157 Å². The fourth-order valence-corrected chi connectivity index (χ4v) is 5.72. The quantitative estimate of drug-likeness (QED) is 0.239. The van der Waals surface area contributed by atoms with Crippen molar-refractivity contribution >= 4 is 22.7 Å². The minimum absolute atomic E-state index is 0.298. The highest BCUT2D eigenvalue weighted by Gasteiger charge is 2.21. The van der Waals surface area contributed by atoms with E-state index in [0.717, 1.165) is 12.8 Å². The van der Waals surface area contributed by atoms with Crippen LogP contribution in [0.3, 0.4) is 0 Å². The van der Waals surface area contributed by atoms with Crippen molar-refractivity contribution in [3.8, 4) is 11.1 Å². The molecule has 2 heteroatoms. The Kier molecular flexibility index (Phi) is 7.50. The molecule has 0 saturated heterocycles. The maximum Gasteiger partial charge on any atom is 0.0562 e. The van der Waals surface area contributed by atoms with Crippen molar-refractivity contribution in [3.63, 3.8) is 0 Å². The van der Waals surface area contributed by atoms with Crippen LogP contribution in [-0.4, -0.2) is 6.04 Å². The third-order valence-corrected chi connectivity index (χ3v) is 7.74. The van der Waals surface area contributed by atoms with Crippen molar-refractivity contribution in [1.82, 2.24) is 0 Å². The van der Waals surface area contributed by atoms with Gasteiger partial charge in [-0.2, -0.15) is 0 Å². The van der Waals surface area contributed by atoms with Gasteiger partial charge in [0.1, 0.15) is 0 Å². The minimum atomic E-state index is 0.298. The molecule has 2 unspecified atom stereocenters. The van der Waals surface area contributed by atoms with E-state index in [-0.39, 0.29) is 0 Å². The zero-order valence-corrected chi connectivity index (χ0v) is 23.3. The Bertz CT molecular complexity index is 1540. The van der Waals surface area contributed by atoms with E-state index in [1.807, 2.05) is 0 Å². The van der Waals surface area contributed by atoms with Crippen LogP contribution in [0.2, 0.25) is 0 Å². The number of benzene rings is 4. The number of allylic oxidation sites excluding steroid dienone is 5. The molecule has 0 amide bonds. The molecule has 2 nitrogen and oxygen atoms in total. The van der Waals surface area contributed by atoms with Gasteiger partial charge < -0.3 is 9.80 Å². The monoisotopic (exact) mass is 520 g/mol. The first-order chi connectivity index (χ1) is 19.7. The molecule has 0 fully saturated rings. The lowest BCUT2D eigenvalue weighted by Gasteiger charge is -2.33. The van der Waals surface area contributed by atoms with Crippen molar-refractivity contribution in [2.75, 3.05) is 9.80 Å². The highest BCUT2D eigenvalue weighted by Crippen LogP contribution is 2.36. The fraction of sp³-hybridized carbons (Fsp3) is 0.158. The van der Waals surface area contributed by atoms with Gasteiger partial charge in [-0.25, -0.2) is 0 Å². The molecule has 198 valence electrons. The summed E-state index contributed by atoms with van der Waals surface area (Å²) in [5.74, 6) is 0.531. The van der Waals surface area contributed by atoms with E-state index in [1.165, 1.54) is 45.1 Å². The van der Waals surface area contributed by atoms with Gasteiger partial charge in [-0.3, -0.25) is 0 Å². The molecule has 40 heavy (non-hydrogen) atoms. The normalized spacial score (nSPS) is 18.1. The largest absolute Gasteiger partial charge is 0.334 e. The topological polar surface area (TPSA) is 6.48 Å². The van der Waals surface area contributed by atoms with Crippen LogP contribution < -0.4 is 9.80 Å². The number of hydrogen-bond acceptors (Lipinski definition) is 2. The number of hydrogen-bond donors (Lipinski definition) is 0. The Labute approximate surface area is 238 Å². The standard InChI is InChI=1S/C38H36N2/c1-29-11-9-17-37(27-29)39(33-13-5-3-6-14-33)35-23-19-31(20-24-35)32-21-25-36(26-22-32)40(34-15-7-4-8-16-34)38-18-10-12-30(2)28-38/h3-11,13-26,28,30,37H,12,27H2,1-2H3. The molecule has 0 spiro atoms. The van der Waals surface area contributed by atoms with Crippen LogP contribution in [-0.2, 0) is 0 Å². The summed E-state index contributed by atoms with van der Waals surface area (Å²) in [4.78, 5) is 4.80. The SMILES string of the molecule is CC1=CC=CC(N(c2ccccc2)c2ccc(-c3ccc(N(C4=CC(C)CC=C4)c4ccccc4)cc3)cc2)C1. The molecule has 6 rings (SSSR count). The maximum absolute atomic E-state index is 2.45. The average Bonchev–Trinajstić information content (AvgIpc) is 3.00. The van der Waals surface area contributed by atoms with E-state index in [4.69, 9.17) is 0 Å². The smallest absolute Gasteiger partial charge is 0.0562 e. The van der Waals surface area contributed by atoms with Gasteiger partial charge in [-0.1, -0.05) is 104 Å². The molecule has 4 aromatic rings. The summed E-state index contributed by atoms with van der Waals surface area (Å²) in [7, 11) is 0. The Morgan fingerprint density at radius 1 is 0.650 bits per heavy atom. The first-order valence-electron chi connectivity index (χ1n) is 14.3. The summed E-state index contributed by atoms with van der Waals surface area (Å²) < 4.78 is 0. The second-order valence-corrected chi connectivity index (χ2v) is 10.8. The summed E-state index contributed by atoms with van der Waals surface area (Å²) in [6.07, 6.45) is 15.7. The molecule has 2 aliphatic carbocycles. The summed E-state index contributed by atoms with van der Waals surface area (Å²) in [5.41, 5.74) is 9.82. The third-order valence-electron chi connectivity index (χ3n) is 7.74. The highest BCUT2D eigenvalue weighted by molar-refractivity contribution is 5.75. The molecule has 0 N–H and O–H groups in total. The summed E-state index contributed by atoms with van der Waals surface area (Å²) in [5, 5.41) is 0. The van der Waals surface area contributed by atoms with Crippen molar-refractivity contribution in [2.24, 2.45) is 5.92 Å². The van der Waals surface area contributed by atoms with Gasteiger partial charge in [0.25, 0.3) is 0 Å². The van der Waals surface area contributed by atoms with Gasteiger partial charge in [0.2, 0.25) is 0 Å². The van der Waals surface area contributed by atoms with Gasteiger partial charge in [0.05, 0.1) is 6.04 Å². The van der Waals surface area contributed by atoms with Crippen LogP contribution in [0.1, 0.15) is 26.7 Å². The zero-order valence-electron chi connectivity index (χ0n) is 23.3. The first-order valence-corrected chi connectivity index (χ1v) is 14.3. The van der Waals surface area contributed by atoms with Crippen LogP contribution in [0.4, 0.5) is 22.7 Å². The highest BCUT2D eigenvalue weighted by atomic mass is 15.2. The second kappa shape index (κ2) is 11.7. The molecule has 0 saturated carbocycles. The molecule has 0 bridgehead atoms. The number of anilines is 4. The number of nitrogens with zero attached hydrogens (tertiary/aromatic N) is 2. The van der Waals surface area contributed by atoms with Gasteiger partial charge >= 0.3 is 0 Å². The number of rotatable bonds is 7. The van der Waals surface area contributed by atoms with E-state index in [0.29, 0.717) is 12.0 Å². The van der Waals surface area contributed by atoms with E-state index in [9.17, 15) is 0 Å². The van der Waals surface area contributed by atoms with Crippen molar-refractivity contribution in [2.45, 2.75) is 32.7 Å². The summed E-state index contributed by atoms with van der Waals surface area (Å²) in [6.45, 7) is 4.49. The fourth-order valence-electron chi connectivity index (χ4n) is 5.72. The Hall–Kier alpha value is -4.56. The third kappa shape index (κ3) is 5.58. The molecule has 0 radical (unpaired) electrons. The van der Waals surface area contributed by atoms with E-state index < -0.39 is 0 Å². The molecule has 2 atom stereocenters. The maximum atomic E-state index is 2.45.